The summed E-state index contributed by atoms with van der Waals surface area (Å²) in [6, 6.07) is 12.6. The highest BCUT2D eigenvalue weighted by Gasteiger charge is 2.23. The highest BCUT2D eigenvalue weighted by molar-refractivity contribution is 7.92. The van der Waals surface area contributed by atoms with Crippen LogP contribution in [0.1, 0.15) is 31.1 Å². The zero-order valence-electron chi connectivity index (χ0n) is 15.2. The van der Waals surface area contributed by atoms with Gasteiger partial charge in [0.1, 0.15) is 0 Å². The second kappa shape index (κ2) is 8.10. The molecule has 0 aromatic heterocycles. The summed E-state index contributed by atoms with van der Waals surface area (Å²) in [7, 11) is -2.36. The molecule has 0 saturated heterocycles. The third kappa shape index (κ3) is 4.56. The predicted molar refractivity (Wildman–Crippen MR) is 105 cm³/mol. The van der Waals surface area contributed by atoms with Crippen molar-refractivity contribution >= 4 is 33.2 Å². The van der Waals surface area contributed by atoms with Crippen molar-refractivity contribution in [1.29, 1.82) is 0 Å². The van der Waals surface area contributed by atoms with Crippen molar-refractivity contribution in [1.82, 2.24) is 5.32 Å². The fourth-order valence-corrected chi connectivity index (χ4v) is 3.64. The van der Waals surface area contributed by atoms with Gasteiger partial charge in [0.25, 0.3) is 15.9 Å². The van der Waals surface area contributed by atoms with Gasteiger partial charge < -0.3 is 5.32 Å². The summed E-state index contributed by atoms with van der Waals surface area (Å²) in [5.41, 5.74) is 0.749. The summed E-state index contributed by atoms with van der Waals surface area (Å²) in [6.45, 7) is 5.92. The first-order valence-corrected chi connectivity index (χ1v) is 10.1. The molecule has 0 unspecified atom stereocenters. The van der Waals surface area contributed by atoms with Gasteiger partial charge in [-0.25, -0.2) is 8.42 Å². The minimum absolute atomic E-state index is 0.0168. The van der Waals surface area contributed by atoms with Gasteiger partial charge >= 0.3 is 0 Å². The zero-order chi connectivity index (χ0) is 19.5. The fraction of sp³-hybridized carbons (Fsp3) is 0.316. The van der Waals surface area contributed by atoms with Gasteiger partial charge in [-0.3, -0.25) is 9.10 Å². The minimum Gasteiger partial charge on any atom is -0.349 e. The van der Waals surface area contributed by atoms with Crippen molar-refractivity contribution in [3.63, 3.8) is 0 Å². The molecule has 0 radical (unpaired) electrons. The number of anilines is 1. The van der Waals surface area contributed by atoms with E-state index in [1.165, 1.54) is 19.2 Å². The Morgan fingerprint density at radius 2 is 1.73 bits per heavy atom. The summed E-state index contributed by atoms with van der Waals surface area (Å²) in [5, 5.41) is 3.32. The molecule has 0 aliphatic heterocycles. The van der Waals surface area contributed by atoms with E-state index in [9.17, 15) is 13.2 Å². The van der Waals surface area contributed by atoms with Crippen molar-refractivity contribution in [3.05, 3.63) is 59.1 Å². The lowest BCUT2D eigenvalue weighted by Crippen LogP contribution is -2.36. The molecule has 1 amide bonds. The van der Waals surface area contributed by atoms with Crippen molar-refractivity contribution in [2.75, 3.05) is 11.4 Å². The average molecular weight is 395 g/mol. The van der Waals surface area contributed by atoms with Crippen LogP contribution < -0.4 is 9.62 Å². The summed E-state index contributed by atoms with van der Waals surface area (Å²) >= 11 is 5.95. The average Bonchev–Trinajstić information content (AvgIpc) is 2.60. The lowest BCUT2D eigenvalue weighted by Gasteiger charge is -2.20. The van der Waals surface area contributed by atoms with E-state index in [2.05, 4.69) is 5.32 Å². The molecule has 0 spiro atoms. The third-order valence-electron chi connectivity index (χ3n) is 4.29. The first-order chi connectivity index (χ1) is 12.1. The number of nitrogens with one attached hydrogen (secondary N) is 1. The summed E-state index contributed by atoms with van der Waals surface area (Å²) in [5.74, 6) is -0.0199. The van der Waals surface area contributed by atoms with Gasteiger partial charge in [0.05, 0.1) is 10.6 Å². The van der Waals surface area contributed by atoms with Crippen LogP contribution in [-0.2, 0) is 10.0 Å². The lowest BCUT2D eigenvalue weighted by atomic mass is 10.1. The van der Waals surface area contributed by atoms with Crippen LogP contribution in [0.25, 0.3) is 0 Å². The lowest BCUT2D eigenvalue weighted by molar-refractivity contribution is 0.0930. The van der Waals surface area contributed by atoms with Crippen LogP contribution in [-0.4, -0.2) is 27.4 Å². The largest absolute Gasteiger partial charge is 0.349 e. The third-order valence-corrected chi connectivity index (χ3v) is 6.30. The molecule has 0 bridgehead atoms. The predicted octanol–water partition coefficient (Wildman–Crippen LogP) is 3.94. The van der Waals surface area contributed by atoms with Gasteiger partial charge in [-0.2, -0.15) is 0 Å². The number of hydrogen-bond acceptors (Lipinski definition) is 3. The monoisotopic (exact) mass is 394 g/mol. The molecule has 1 atom stereocenters. The first-order valence-electron chi connectivity index (χ1n) is 8.28. The van der Waals surface area contributed by atoms with Crippen molar-refractivity contribution in [3.8, 4) is 0 Å². The number of halogens is 1. The molecule has 5 nitrogen and oxygen atoms in total. The molecule has 0 heterocycles. The van der Waals surface area contributed by atoms with Crippen LogP contribution in [0.2, 0.25) is 5.02 Å². The van der Waals surface area contributed by atoms with Crippen LogP contribution >= 0.6 is 11.6 Å². The van der Waals surface area contributed by atoms with Gasteiger partial charge in [-0.15, -0.1) is 0 Å². The summed E-state index contributed by atoms with van der Waals surface area (Å²) < 4.78 is 26.9. The maximum atomic E-state index is 12.9. The SMILES string of the molecule is CC(C)[C@@H](C)NC(=O)c1cccc(S(=O)(=O)N(C)c2cccc(Cl)c2)c1. The normalized spacial score (nSPS) is 12.7. The Kier molecular flexibility index (Phi) is 6.31. The maximum Gasteiger partial charge on any atom is 0.264 e. The van der Waals surface area contributed by atoms with E-state index < -0.39 is 10.0 Å². The Bertz CT molecular complexity index is 897. The first kappa shape index (κ1) is 20.3. The molecule has 2 aromatic carbocycles. The van der Waals surface area contributed by atoms with Crippen LogP contribution in [0.15, 0.2) is 53.4 Å². The van der Waals surface area contributed by atoms with Crippen molar-refractivity contribution < 1.29 is 13.2 Å². The molecule has 0 aliphatic carbocycles. The van der Waals surface area contributed by atoms with Crippen LogP contribution in [0.5, 0.6) is 0 Å². The van der Waals surface area contributed by atoms with Crippen LogP contribution in [0.3, 0.4) is 0 Å². The van der Waals surface area contributed by atoms with Gasteiger partial charge in [-0.05, 0) is 49.2 Å². The molecule has 1 N–H and O–H groups in total. The summed E-state index contributed by atoms with van der Waals surface area (Å²) in [4.78, 5) is 12.4. The second-order valence-electron chi connectivity index (χ2n) is 6.49. The van der Waals surface area contributed by atoms with Crippen LogP contribution in [0, 0.1) is 5.92 Å². The van der Waals surface area contributed by atoms with E-state index in [0.29, 0.717) is 16.3 Å². The van der Waals surface area contributed by atoms with Crippen molar-refractivity contribution in [2.45, 2.75) is 31.7 Å². The Balaban J connectivity index is 2.32. The Labute approximate surface area is 160 Å². The molecule has 0 fully saturated rings. The number of nitrogens with zero attached hydrogens (tertiary/aromatic N) is 1. The standard InChI is InChI=1S/C19H23ClN2O3S/c1-13(2)14(3)21-19(23)15-7-5-10-18(11-15)26(24,25)22(4)17-9-6-8-16(20)12-17/h5-14H,1-4H3,(H,21,23)/t14-/m1/s1. The smallest absolute Gasteiger partial charge is 0.264 e. The van der Waals surface area contributed by atoms with Crippen LogP contribution in [0.4, 0.5) is 5.69 Å². The number of rotatable bonds is 6. The number of amides is 1. The molecule has 0 saturated carbocycles. The quantitative estimate of drug-likeness (QED) is 0.806. The van der Waals surface area contributed by atoms with Gasteiger partial charge in [0.15, 0.2) is 0 Å². The highest BCUT2D eigenvalue weighted by Crippen LogP contribution is 2.25. The Hall–Kier alpha value is -2.05. The number of carbonyl (C=O) groups is 1. The van der Waals surface area contributed by atoms with E-state index in [4.69, 9.17) is 11.6 Å². The van der Waals surface area contributed by atoms with E-state index in [0.717, 1.165) is 4.31 Å². The number of sulfonamides is 1. The highest BCUT2D eigenvalue weighted by atomic mass is 35.5. The van der Waals surface area contributed by atoms with E-state index in [1.54, 1.807) is 36.4 Å². The summed E-state index contributed by atoms with van der Waals surface area (Å²) in [6.07, 6.45) is 0. The molecule has 2 aromatic rings. The van der Waals surface area contributed by atoms with Gasteiger partial charge in [0.2, 0.25) is 0 Å². The Morgan fingerprint density at radius 3 is 2.35 bits per heavy atom. The molecular weight excluding hydrogens is 372 g/mol. The van der Waals surface area contributed by atoms with E-state index in [-0.39, 0.29) is 22.8 Å². The van der Waals surface area contributed by atoms with Gasteiger partial charge in [0, 0.05) is 23.7 Å². The molecular formula is C19H23ClN2O3S. The van der Waals surface area contributed by atoms with E-state index in [1.807, 2.05) is 20.8 Å². The topological polar surface area (TPSA) is 66.5 Å². The second-order valence-corrected chi connectivity index (χ2v) is 8.89. The number of benzene rings is 2. The van der Waals surface area contributed by atoms with Gasteiger partial charge in [-0.1, -0.05) is 37.6 Å². The molecule has 7 heteroatoms. The molecule has 0 aliphatic rings. The molecule has 2 rings (SSSR count). The fourth-order valence-electron chi connectivity index (χ4n) is 2.22. The molecule has 26 heavy (non-hydrogen) atoms. The maximum absolute atomic E-state index is 12.9. The number of carbonyl (C=O) groups excluding carboxylic acids is 1. The Morgan fingerprint density at radius 1 is 1.08 bits per heavy atom. The van der Waals surface area contributed by atoms with Crippen molar-refractivity contribution in [2.24, 2.45) is 5.92 Å². The molecule has 140 valence electrons. The zero-order valence-corrected chi connectivity index (χ0v) is 16.8. The number of hydrogen-bond donors (Lipinski definition) is 1. The minimum atomic E-state index is -3.81. The van der Waals surface area contributed by atoms with E-state index >= 15 is 0 Å².